The molecule has 0 unspecified atom stereocenters. The first-order chi connectivity index (χ1) is 6.01. The Morgan fingerprint density at radius 3 is 2.69 bits per heavy atom. The van der Waals surface area contributed by atoms with Crippen LogP contribution < -0.4 is 5.32 Å². The molecule has 70 valence electrons. The molecule has 13 heavy (non-hydrogen) atoms. The third-order valence-corrected chi connectivity index (χ3v) is 2.47. The molecule has 0 aliphatic rings. The van der Waals surface area contributed by atoms with Crippen molar-refractivity contribution in [1.82, 2.24) is 5.32 Å². The Balaban J connectivity index is 2.52. The van der Waals surface area contributed by atoms with Gasteiger partial charge in [0, 0.05) is 12.1 Å². The highest BCUT2D eigenvalue weighted by atomic mass is 32.1. The highest BCUT2D eigenvalue weighted by Crippen LogP contribution is 2.14. The lowest BCUT2D eigenvalue weighted by Gasteiger charge is -2.19. The lowest BCUT2D eigenvalue weighted by Crippen LogP contribution is -2.34. The van der Waals surface area contributed by atoms with Gasteiger partial charge < -0.3 is 5.32 Å². The van der Waals surface area contributed by atoms with Gasteiger partial charge in [-0.1, -0.05) is 0 Å². The first kappa shape index (κ1) is 10.2. The normalized spacial score (nSPS) is 11.2. The predicted octanol–water partition coefficient (Wildman–Crippen LogP) is 2.51. The standard InChI is InChI=1S/C10H14N2S/c1-10(2,3)12-6-8-4-9(5-11)13-7-8/h4,7,12H,6H2,1-3H3. The lowest BCUT2D eigenvalue weighted by atomic mass is 10.1. The minimum Gasteiger partial charge on any atom is -0.308 e. The number of nitrogens with one attached hydrogen (secondary N) is 1. The summed E-state index contributed by atoms with van der Waals surface area (Å²) in [5.41, 5.74) is 1.32. The molecule has 0 spiro atoms. The topological polar surface area (TPSA) is 35.8 Å². The molecule has 1 aromatic heterocycles. The third-order valence-electron chi connectivity index (χ3n) is 1.59. The maximum atomic E-state index is 8.62. The van der Waals surface area contributed by atoms with E-state index in [0.717, 1.165) is 11.4 Å². The second kappa shape index (κ2) is 3.91. The number of rotatable bonds is 2. The minimum absolute atomic E-state index is 0.134. The molecule has 0 amide bonds. The molecule has 1 rings (SSSR count). The molecule has 0 fully saturated rings. The van der Waals surface area contributed by atoms with Crippen LogP contribution in [-0.4, -0.2) is 5.54 Å². The predicted molar refractivity (Wildman–Crippen MR) is 55.6 cm³/mol. The summed E-state index contributed by atoms with van der Waals surface area (Å²) in [7, 11) is 0. The first-order valence-electron chi connectivity index (χ1n) is 4.24. The van der Waals surface area contributed by atoms with Gasteiger partial charge in [0.05, 0.1) is 0 Å². The van der Waals surface area contributed by atoms with Gasteiger partial charge >= 0.3 is 0 Å². The summed E-state index contributed by atoms with van der Waals surface area (Å²) in [6.07, 6.45) is 0. The number of hydrogen-bond donors (Lipinski definition) is 1. The van der Waals surface area contributed by atoms with E-state index in [1.807, 2.05) is 11.4 Å². The molecule has 0 saturated carbocycles. The maximum Gasteiger partial charge on any atom is 0.110 e. The van der Waals surface area contributed by atoms with Gasteiger partial charge in [0.2, 0.25) is 0 Å². The molecule has 0 radical (unpaired) electrons. The Labute approximate surface area is 83.2 Å². The van der Waals surface area contributed by atoms with Crippen LogP contribution in [0, 0.1) is 11.3 Å². The fourth-order valence-electron chi connectivity index (χ4n) is 0.894. The largest absolute Gasteiger partial charge is 0.308 e. The van der Waals surface area contributed by atoms with Gasteiger partial charge in [-0.15, -0.1) is 11.3 Å². The van der Waals surface area contributed by atoms with Crippen molar-refractivity contribution in [2.75, 3.05) is 0 Å². The lowest BCUT2D eigenvalue weighted by molar-refractivity contribution is 0.424. The van der Waals surface area contributed by atoms with Gasteiger partial charge in [0.1, 0.15) is 10.9 Å². The quantitative estimate of drug-likeness (QED) is 0.785. The van der Waals surface area contributed by atoms with Crippen molar-refractivity contribution in [3.63, 3.8) is 0 Å². The monoisotopic (exact) mass is 194 g/mol. The molecule has 2 nitrogen and oxygen atoms in total. The smallest absolute Gasteiger partial charge is 0.110 e. The maximum absolute atomic E-state index is 8.62. The molecule has 1 N–H and O–H groups in total. The van der Waals surface area contributed by atoms with Crippen molar-refractivity contribution in [3.8, 4) is 6.07 Å². The van der Waals surface area contributed by atoms with E-state index in [1.54, 1.807) is 0 Å². The number of thiophene rings is 1. The van der Waals surface area contributed by atoms with Crippen molar-refractivity contribution >= 4 is 11.3 Å². The van der Waals surface area contributed by atoms with Gasteiger partial charge in [-0.05, 0) is 37.8 Å². The van der Waals surface area contributed by atoms with Crippen LogP contribution in [0.4, 0.5) is 0 Å². The molecule has 0 aromatic carbocycles. The summed E-state index contributed by atoms with van der Waals surface area (Å²) >= 11 is 1.50. The third kappa shape index (κ3) is 3.58. The van der Waals surface area contributed by atoms with Gasteiger partial charge in [-0.25, -0.2) is 0 Å². The van der Waals surface area contributed by atoms with Crippen LogP contribution in [0.3, 0.4) is 0 Å². The Hall–Kier alpha value is -0.850. The van der Waals surface area contributed by atoms with Crippen LogP contribution in [-0.2, 0) is 6.54 Å². The van der Waals surface area contributed by atoms with E-state index in [9.17, 15) is 0 Å². The molecule has 1 aromatic rings. The molecule has 3 heteroatoms. The molecular formula is C10H14N2S. The van der Waals surface area contributed by atoms with Crippen LogP contribution in [0.2, 0.25) is 0 Å². The average molecular weight is 194 g/mol. The van der Waals surface area contributed by atoms with E-state index in [-0.39, 0.29) is 5.54 Å². The summed E-state index contributed by atoms with van der Waals surface area (Å²) < 4.78 is 0. The Kier molecular flexibility index (Phi) is 3.07. The van der Waals surface area contributed by atoms with Gasteiger partial charge in [-0.3, -0.25) is 0 Å². The average Bonchev–Trinajstić information content (AvgIpc) is 2.47. The zero-order valence-electron chi connectivity index (χ0n) is 8.22. The highest BCUT2D eigenvalue weighted by Gasteiger charge is 2.08. The summed E-state index contributed by atoms with van der Waals surface area (Å²) in [5.74, 6) is 0. The molecule has 0 aliphatic heterocycles. The summed E-state index contributed by atoms with van der Waals surface area (Å²) in [6, 6.07) is 4.07. The fourth-order valence-corrected chi connectivity index (χ4v) is 1.60. The second-order valence-corrected chi connectivity index (χ2v) is 4.95. The zero-order valence-corrected chi connectivity index (χ0v) is 9.03. The highest BCUT2D eigenvalue weighted by molar-refractivity contribution is 7.10. The molecule has 0 bridgehead atoms. The SMILES string of the molecule is CC(C)(C)NCc1csc(C#N)c1. The summed E-state index contributed by atoms with van der Waals surface area (Å²) in [4.78, 5) is 0.783. The van der Waals surface area contributed by atoms with Gasteiger partial charge in [0.15, 0.2) is 0 Å². The van der Waals surface area contributed by atoms with Crippen molar-refractivity contribution in [2.45, 2.75) is 32.9 Å². The van der Waals surface area contributed by atoms with Crippen LogP contribution in [0.15, 0.2) is 11.4 Å². The van der Waals surface area contributed by atoms with Crippen LogP contribution in [0.1, 0.15) is 31.2 Å². The zero-order chi connectivity index (χ0) is 9.90. The van der Waals surface area contributed by atoms with Crippen molar-refractivity contribution in [1.29, 1.82) is 5.26 Å². The number of nitrogens with zero attached hydrogens (tertiary/aromatic N) is 1. The molecular weight excluding hydrogens is 180 g/mol. The molecule has 0 aliphatic carbocycles. The van der Waals surface area contributed by atoms with Gasteiger partial charge in [0.25, 0.3) is 0 Å². The van der Waals surface area contributed by atoms with Crippen molar-refractivity contribution < 1.29 is 0 Å². The van der Waals surface area contributed by atoms with E-state index in [0.29, 0.717) is 0 Å². The molecule has 1 heterocycles. The Morgan fingerprint density at radius 1 is 1.54 bits per heavy atom. The number of nitriles is 1. The Bertz CT molecular complexity index is 314. The summed E-state index contributed by atoms with van der Waals surface area (Å²) in [5, 5.41) is 14.0. The summed E-state index contributed by atoms with van der Waals surface area (Å²) in [6.45, 7) is 7.22. The Morgan fingerprint density at radius 2 is 2.23 bits per heavy atom. The van der Waals surface area contributed by atoms with E-state index in [1.165, 1.54) is 16.9 Å². The van der Waals surface area contributed by atoms with Crippen molar-refractivity contribution in [2.24, 2.45) is 0 Å². The first-order valence-corrected chi connectivity index (χ1v) is 5.12. The minimum atomic E-state index is 0.134. The van der Waals surface area contributed by atoms with Gasteiger partial charge in [-0.2, -0.15) is 5.26 Å². The fraction of sp³-hybridized carbons (Fsp3) is 0.500. The van der Waals surface area contributed by atoms with E-state index >= 15 is 0 Å². The molecule has 0 atom stereocenters. The van der Waals surface area contributed by atoms with Crippen molar-refractivity contribution in [3.05, 3.63) is 21.9 Å². The van der Waals surface area contributed by atoms with E-state index in [4.69, 9.17) is 5.26 Å². The molecule has 0 saturated heterocycles. The number of hydrogen-bond acceptors (Lipinski definition) is 3. The van der Waals surface area contributed by atoms with Crippen LogP contribution in [0.25, 0.3) is 0 Å². The van der Waals surface area contributed by atoms with Crippen LogP contribution >= 0.6 is 11.3 Å². The van der Waals surface area contributed by atoms with Crippen LogP contribution in [0.5, 0.6) is 0 Å². The van der Waals surface area contributed by atoms with E-state index < -0.39 is 0 Å². The second-order valence-electron chi connectivity index (χ2n) is 4.03. The van der Waals surface area contributed by atoms with E-state index in [2.05, 4.69) is 32.2 Å².